The fraction of sp³-hybridized carbons (Fsp3) is 0.947. The van der Waals surface area contributed by atoms with E-state index >= 15 is 0 Å². The van der Waals surface area contributed by atoms with Crippen molar-refractivity contribution in [2.24, 2.45) is 17.8 Å². The minimum atomic E-state index is 0.0349. The highest BCUT2D eigenvalue weighted by molar-refractivity contribution is 5.78. The summed E-state index contributed by atoms with van der Waals surface area (Å²) in [6, 6.07) is 0. The van der Waals surface area contributed by atoms with Gasteiger partial charge in [-0.05, 0) is 56.8 Å². The molecule has 3 rings (SSSR count). The Morgan fingerprint density at radius 3 is 2.61 bits per heavy atom. The van der Waals surface area contributed by atoms with Gasteiger partial charge in [0.2, 0.25) is 5.91 Å². The third kappa shape index (κ3) is 4.69. The van der Waals surface area contributed by atoms with Crippen molar-refractivity contribution in [3.8, 4) is 0 Å². The maximum Gasteiger partial charge on any atom is 0.225 e. The standard InChI is InChI=1S/C19H33NO3/c1-15(2)18(21)20-9-7-19(8-10-20)13-16(6-12-23-19)5-11-22-14-17-3-4-17/h15-17H,3-14H2,1-2H3. The lowest BCUT2D eigenvalue weighted by Gasteiger charge is -2.46. The molecule has 2 heterocycles. The second-order valence-corrected chi connectivity index (χ2v) is 8.18. The minimum absolute atomic E-state index is 0.0349. The van der Waals surface area contributed by atoms with Gasteiger partial charge in [-0.3, -0.25) is 4.79 Å². The van der Waals surface area contributed by atoms with Gasteiger partial charge in [-0.1, -0.05) is 13.8 Å². The van der Waals surface area contributed by atoms with Crippen LogP contribution in [0.3, 0.4) is 0 Å². The Kier molecular flexibility index (Phi) is 5.63. The fourth-order valence-electron chi connectivity index (χ4n) is 4.01. The first-order valence-electron chi connectivity index (χ1n) is 9.58. The van der Waals surface area contributed by atoms with Gasteiger partial charge in [0.1, 0.15) is 0 Å². The number of hydrogen-bond acceptors (Lipinski definition) is 3. The van der Waals surface area contributed by atoms with Crippen LogP contribution in [-0.4, -0.2) is 49.3 Å². The monoisotopic (exact) mass is 323 g/mol. The van der Waals surface area contributed by atoms with Crippen LogP contribution in [0.2, 0.25) is 0 Å². The van der Waals surface area contributed by atoms with Gasteiger partial charge < -0.3 is 14.4 Å². The summed E-state index contributed by atoms with van der Waals surface area (Å²) in [7, 11) is 0. The fourth-order valence-corrected chi connectivity index (χ4v) is 4.01. The smallest absolute Gasteiger partial charge is 0.225 e. The van der Waals surface area contributed by atoms with Crippen molar-refractivity contribution in [3.63, 3.8) is 0 Å². The molecule has 0 N–H and O–H groups in total. The number of rotatable bonds is 6. The number of likely N-dealkylation sites (tertiary alicyclic amines) is 1. The van der Waals surface area contributed by atoms with Crippen LogP contribution in [0.4, 0.5) is 0 Å². The van der Waals surface area contributed by atoms with E-state index in [4.69, 9.17) is 9.47 Å². The summed E-state index contributed by atoms with van der Waals surface area (Å²) in [5.41, 5.74) is 0.0349. The van der Waals surface area contributed by atoms with Crippen LogP contribution in [0.25, 0.3) is 0 Å². The number of carbonyl (C=O) groups is 1. The number of carbonyl (C=O) groups excluding carboxylic acids is 1. The number of ether oxygens (including phenoxy) is 2. The maximum atomic E-state index is 12.1. The third-order valence-corrected chi connectivity index (χ3v) is 5.80. The lowest BCUT2D eigenvalue weighted by atomic mass is 9.78. The molecule has 1 saturated carbocycles. The van der Waals surface area contributed by atoms with Crippen molar-refractivity contribution in [1.82, 2.24) is 4.90 Å². The molecule has 1 atom stereocenters. The van der Waals surface area contributed by atoms with Crippen LogP contribution in [0.1, 0.15) is 58.8 Å². The highest BCUT2D eigenvalue weighted by atomic mass is 16.5. The predicted molar refractivity (Wildman–Crippen MR) is 90.2 cm³/mol. The first-order valence-corrected chi connectivity index (χ1v) is 9.58. The Morgan fingerprint density at radius 1 is 1.22 bits per heavy atom. The molecule has 0 aromatic carbocycles. The zero-order valence-corrected chi connectivity index (χ0v) is 14.9. The quantitative estimate of drug-likeness (QED) is 0.704. The molecule has 1 spiro atoms. The van der Waals surface area contributed by atoms with Crippen LogP contribution in [0, 0.1) is 17.8 Å². The Balaban J connectivity index is 1.41. The summed E-state index contributed by atoms with van der Waals surface area (Å²) >= 11 is 0. The largest absolute Gasteiger partial charge is 0.381 e. The Labute approximate surface area is 140 Å². The maximum absolute atomic E-state index is 12.1. The number of nitrogens with zero attached hydrogens (tertiary/aromatic N) is 1. The zero-order chi connectivity index (χ0) is 16.3. The van der Waals surface area contributed by atoms with E-state index in [-0.39, 0.29) is 11.5 Å². The van der Waals surface area contributed by atoms with Gasteiger partial charge in [0.25, 0.3) is 0 Å². The molecular weight excluding hydrogens is 290 g/mol. The van der Waals surface area contributed by atoms with Crippen LogP contribution in [-0.2, 0) is 14.3 Å². The number of amides is 1. The SMILES string of the molecule is CC(C)C(=O)N1CCC2(CC1)CC(CCOCC1CC1)CCO2. The van der Waals surface area contributed by atoms with E-state index in [2.05, 4.69) is 0 Å². The summed E-state index contributed by atoms with van der Waals surface area (Å²) in [4.78, 5) is 14.2. The van der Waals surface area contributed by atoms with Crippen molar-refractivity contribution < 1.29 is 14.3 Å². The molecule has 1 amide bonds. The summed E-state index contributed by atoms with van der Waals surface area (Å²) in [5.74, 6) is 1.99. The molecule has 4 nitrogen and oxygen atoms in total. The molecule has 3 fully saturated rings. The summed E-state index contributed by atoms with van der Waals surface area (Å²) < 4.78 is 12.0. The molecule has 1 unspecified atom stereocenters. The number of piperidine rings is 1. The van der Waals surface area contributed by atoms with Crippen LogP contribution in [0.5, 0.6) is 0 Å². The first kappa shape index (κ1) is 17.2. The first-order chi connectivity index (χ1) is 11.1. The van der Waals surface area contributed by atoms with E-state index in [1.807, 2.05) is 18.7 Å². The molecule has 2 aliphatic heterocycles. The van der Waals surface area contributed by atoms with Crippen molar-refractivity contribution >= 4 is 5.91 Å². The van der Waals surface area contributed by atoms with Crippen LogP contribution >= 0.6 is 0 Å². The third-order valence-electron chi connectivity index (χ3n) is 5.80. The summed E-state index contributed by atoms with van der Waals surface area (Å²) in [5, 5.41) is 0. The molecule has 23 heavy (non-hydrogen) atoms. The van der Waals surface area contributed by atoms with Crippen molar-refractivity contribution in [3.05, 3.63) is 0 Å². The van der Waals surface area contributed by atoms with Gasteiger partial charge in [-0.15, -0.1) is 0 Å². The Hall–Kier alpha value is -0.610. The minimum Gasteiger partial charge on any atom is -0.381 e. The topological polar surface area (TPSA) is 38.8 Å². The second kappa shape index (κ2) is 7.52. The van der Waals surface area contributed by atoms with E-state index in [9.17, 15) is 4.79 Å². The normalized spacial score (nSPS) is 27.6. The molecule has 4 heteroatoms. The molecule has 0 bridgehead atoms. The van der Waals surface area contributed by atoms with Crippen molar-refractivity contribution in [2.75, 3.05) is 32.9 Å². The van der Waals surface area contributed by atoms with Gasteiger partial charge in [0.15, 0.2) is 0 Å². The summed E-state index contributed by atoms with van der Waals surface area (Å²) in [6.07, 6.45) is 8.24. The van der Waals surface area contributed by atoms with Crippen LogP contribution in [0.15, 0.2) is 0 Å². The molecule has 2 saturated heterocycles. The molecule has 0 aromatic heterocycles. The van der Waals surface area contributed by atoms with E-state index in [1.54, 1.807) is 0 Å². The van der Waals surface area contributed by atoms with Gasteiger partial charge in [0.05, 0.1) is 5.60 Å². The number of hydrogen-bond donors (Lipinski definition) is 0. The molecule has 1 aliphatic carbocycles. The lowest BCUT2D eigenvalue weighted by Crippen LogP contribution is -2.51. The van der Waals surface area contributed by atoms with Crippen LogP contribution < -0.4 is 0 Å². The van der Waals surface area contributed by atoms with E-state index in [0.29, 0.717) is 5.91 Å². The Morgan fingerprint density at radius 2 is 1.96 bits per heavy atom. The highest BCUT2D eigenvalue weighted by Crippen LogP contribution is 2.39. The molecule has 0 radical (unpaired) electrons. The molecular formula is C19H33NO3. The predicted octanol–water partition coefficient (Wildman–Crippen LogP) is 3.25. The molecule has 3 aliphatic rings. The van der Waals surface area contributed by atoms with E-state index in [0.717, 1.165) is 64.0 Å². The van der Waals surface area contributed by atoms with Crippen molar-refractivity contribution in [2.45, 2.75) is 64.4 Å². The lowest BCUT2D eigenvalue weighted by molar-refractivity contribution is -0.150. The second-order valence-electron chi connectivity index (χ2n) is 8.18. The zero-order valence-electron chi connectivity index (χ0n) is 14.9. The van der Waals surface area contributed by atoms with Gasteiger partial charge in [0, 0.05) is 38.8 Å². The van der Waals surface area contributed by atoms with Gasteiger partial charge in [-0.25, -0.2) is 0 Å². The summed E-state index contributed by atoms with van der Waals surface area (Å²) in [6.45, 7) is 8.47. The van der Waals surface area contributed by atoms with E-state index < -0.39 is 0 Å². The van der Waals surface area contributed by atoms with Gasteiger partial charge >= 0.3 is 0 Å². The highest BCUT2D eigenvalue weighted by Gasteiger charge is 2.41. The Bertz CT molecular complexity index is 397. The molecule has 132 valence electrons. The van der Waals surface area contributed by atoms with Gasteiger partial charge in [-0.2, -0.15) is 0 Å². The average molecular weight is 323 g/mol. The molecule has 0 aromatic rings. The average Bonchev–Trinajstić information content (AvgIpc) is 3.36. The van der Waals surface area contributed by atoms with Crippen molar-refractivity contribution in [1.29, 1.82) is 0 Å². The van der Waals surface area contributed by atoms with E-state index in [1.165, 1.54) is 25.7 Å².